The van der Waals surface area contributed by atoms with Crippen LogP contribution in [0.15, 0.2) is 11.6 Å². The summed E-state index contributed by atoms with van der Waals surface area (Å²) in [5.74, 6) is 3.00. The Morgan fingerprint density at radius 3 is 1.27 bits per heavy atom. The summed E-state index contributed by atoms with van der Waals surface area (Å²) in [6.07, 6.45) is 20.5. The van der Waals surface area contributed by atoms with Crippen LogP contribution in [0.25, 0.3) is 0 Å². The maximum atomic E-state index is 12.8. The molecular formula is C84H142O16Si3. The van der Waals surface area contributed by atoms with Gasteiger partial charge in [0.1, 0.15) is 41.4 Å². The van der Waals surface area contributed by atoms with Gasteiger partial charge in [-0.25, -0.2) is 0 Å². The quantitative estimate of drug-likeness (QED) is 0.0978. The zero-order valence-electron chi connectivity index (χ0n) is 69.1. The molecule has 1 spiro atoms. The molecule has 16 nitrogen and oxygen atoms in total. The van der Waals surface area contributed by atoms with Gasteiger partial charge >= 0.3 is 0 Å². The molecule has 0 bridgehead atoms. The van der Waals surface area contributed by atoms with Crippen molar-refractivity contribution in [3.05, 3.63) is 11.6 Å². The van der Waals surface area contributed by atoms with Crippen LogP contribution in [0, 0.1) is 85.8 Å². The fourth-order valence-electron chi connectivity index (χ4n) is 25.9. The molecule has 0 aromatic carbocycles. The van der Waals surface area contributed by atoms with Gasteiger partial charge in [-0.15, -0.1) is 0 Å². The summed E-state index contributed by atoms with van der Waals surface area (Å²) in [6, 6.07) is 0. The van der Waals surface area contributed by atoms with Gasteiger partial charge in [0, 0.05) is 36.5 Å². The van der Waals surface area contributed by atoms with Crippen molar-refractivity contribution < 1.29 is 76.4 Å². The summed E-state index contributed by atoms with van der Waals surface area (Å²) in [7, 11) is -5.58. The van der Waals surface area contributed by atoms with E-state index in [2.05, 4.69) is 143 Å². The third kappa shape index (κ3) is 12.1. The van der Waals surface area contributed by atoms with Crippen LogP contribution in [0.5, 0.6) is 0 Å². The van der Waals surface area contributed by atoms with E-state index in [-0.39, 0.29) is 114 Å². The Hall–Kier alpha value is -1.12. The number of carbonyl (C=O) groups is 3. The van der Waals surface area contributed by atoms with Gasteiger partial charge in [0.15, 0.2) is 53.9 Å². The van der Waals surface area contributed by atoms with Crippen molar-refractivity contribution in [1.82, 2.24) is 0 Å². The van der Waals surface area contributed by atoms with E-state index in [1.54, 1.807) is 0 Å². The van der Waals surface area contributed by atoms with Gasteiger partial charge in [-0.05, 0) is 279 Å². The summed E-state index contributed by atoms with van der Waals surface area (Å²) in [4.78, 5) is 37.9. The van der Waals surface area contributed by atoms with Crippen molar-refractivity contribution in [1.29, 1.82) is 0 Å². The smallest absolute Gasteiger partial charge is 0.192 e. The molecule has 103 heavy (non-hydrogen) atoms. The van der Waals surface area contributed by atoms with Crippen molar-refractivity contribution in [2.24, 2.45) is 85.8 Å². The highest BCUT2D eigenvalue weighted by Crippen LogP contribution is 2.76. The Bertz CT molecular complexity index is 3210. The lowest BCUT2D eigenvalue weighted by molar-refractivity contribution is -0.260. The number of fused-ring (bicyclic) bond motifs is 22. The van der Waals surface area contributed by atoms with Gasteiger partial charge in [-0.1, -0.05) is 104 Å². The van der Waals surface area contributed by atoms with E-state index >= 15 is 0 Å². The average molecular weight is 1490 g/mol. The lowest BCUT2D eigenvalue weighted by atomic mass is 9.42. The Morgan fingerprint density at radius 1 is 0.427 bits per heavy atom. The van der Waals surface area contributed by atoms with Gasteiger partial charge in [0.25, 0.3) is 0 Å². The van der Waals surface area contributed by atoms with Crippen LogP contribution in [-0.4, -0.2) is 148 Å². The molecule has 0 aromatic rings. The van der Waals surface area contributed by atoms with E-state index in [4.69, 9.17) is 57.0 Å². The minimum absolute atomic E-state index is 0.000205. The fraction of sp³-hybridized carbons (Fsp3) is 0.940. The minimum atomic E-state index is -1.88. The molecule has 16 aliphatic rings. The second kappa shape index (κ2) is 25.2. The first-order valence-electron chi connectivity index (χ1n) is 41.1. The molecule has 11 saturated carbocycles. The van der Waals surface area contributed by atoms with Gasteiger partial charge < -0.3 is 51.5 Å². The average Bonchev–Trinajstić information content (AvgIpc) is 1.48. The molecule has 12 aliphatic carbocycles. The van der Waals surface area contributed by atoms with Crippen LogP contribution >= 0.6 is 0 Å². The predicted molar refractivity (Wildman–Crippen MR) is 406 cm³/mol. The number of carbonyl (C=O) groups excluding carboxylic acids is 3. The molecule has 15 fully saturated rings. The highest BCUT2D eigenvalue weighted by molar-refractivity contribution is 6.75. The molecular weight excluding hydrogens is 1350 g/mol. The van der Waals surface area contributed by atoms with Gasteiger partial charge in [-0.2, -0.15) is 0 Å². The van der Waals surface area contributed by atoms with Crippen LogP contribution in [0.2, 0.25) is 54.4 Å². The highest BCUT2D eigenvalue weighted by Gasteiger charge is 2.85. The van der Waals surface area contributed by atoms with Crippen LogP contribution in [0.4, 0.5) is 0 Å². The summed E-state index contributed by atoms with van der Waals surface area (Å²) >= 11 is 0. The molecule has 4 heterocycles. The lowest BCUT2D eigenvalue weighted by Crippen LogP contribution is -2.72. The zero-order valence-corrected chi connectivity index (χ0v) is 72.1. The van der Waals surface area contributed by atoms with Crippen LogP contribution in [0.3, 0.4) is 0 Å². The first-order valence-corrected chi connectivity index (χ1v) is 49.8. The molecule has 4 saturated heterocycles. The molecule has 27 atom stereocenters. The Kier molecular flexibility index (Phi) is 19.6. The topological polar surface area (TPSA) is 208 Å². The molecule has 586 valence electrons. The molecule has 12 unspecified atom stereocenters. The lowest BCUT2D eigenvalue weighted by Gasteiger charge is -2.65. The number of Topliss-reactive ketones (excluding diaryl/α,β-unsaturated/α-hetero) is 2. The van der Waals surface area contributed by atoms with E-state index in [9.17, 15) is 19.5 Å². The third-order valence-electron chi connectivity index (χ3n) is 34.6. The SMILES string of the molecule is CC1(C)O[C@@H]2C3=CC(=O)CC[C@]3(C)C3CC[C@@]4(C)C(CC[C@@H]4O[Si](C)(C)C(C)(C)C)C3[C@H]2O1.CC1(C)O[C@@H]2C3C4CC[C@H](O[Si](C)(C)C(C)(C)C)[C@@]4(C)CCC3[C@@]3(C)CCC(=O)C4OC43[C@H]2O1.CC1(C)O[C@@H]2C3C4CC[C@H](O[Si](C)(C)C(C)(C)C)[C@@]4(C)CCC3[C@@]3(C)CCC(=O)CC3(O)[C@H]2O1.OO. The largest absolute Gasteiger partial charge is 0.413 e. The second-order valence-electron chi connectivity index (χ2n) is 44.1. The standard InChI is InChI=1S/C28H46O5Si.C28H48O5Si.C28H46O4Si.H2O2/c1-24(2,3)34(8,9)33-19-11-10-16-20-17(12-14-26(16,19)6)27(7)15-13-18(29)22-28(27,32-22)23-21(20)30-25(4,5)31-23;1-24(2,3)34(8,9)33-20-11-10-18-21-19(13-14-26(18,20)6)27(7)15-12-17(29)16-28(27,30)23-22(21)31-25(4,5)32-23;1-25(2,3)33(8,9)32-21-11-10-18-22-19(13-15-28(18,21)7)27(6)14-12-17(29)16-20(27)23-24(22)31-26(4,5)30-23;1-2/h16-17,19-23H,10-15H2,1-9H3;18-23,30H,10-16H2,1-9H3;16,18-19,21-24H,10-15H2,1-9H3;1-2H/t16?,17?,19-,20?,21+,22?,23-,26-,27+,28?;18?,19?,20-,21?,22+,23-,26-,27+,28?;18?,19?,21-,22?,23+,24+,27+,28-;/m000./s1. The van der Waals surface area contributed by atoms with E-state index < -0.39 is 59.6 Å². The Labute approximate surface area is 624 Å². The number of rotatable bonds is 6. The molecule has 3 N–H and O–H groups in total. The van der Waals surface area contributed by atoms with Gasteiger partial charge in [0.05, 0.1) is 36.6 Å². The molecule has 19 heteroatoms. The number of hydrogen-bond donors (Lipinski definition) is 3. The van der Waals surface area contributed by atoms with Gasteiger partial charge in [0.2, 0.25) is 0 Å². The third-order valence-corrected chi connectivity index (χ3v) is 48.1. The van der Waals surface area contributed by atoms with E-state index in [0.29, 0.717) is 84.7 Å². The number of ketones is 3. The normalized spacial score (nSPS) is 49.3. The van der Waals surface area contributed by atoms with E-state index in [1.165, 1.54) is 44.1 Å². The van der Waals surface area contributed by atoms with Crippen molar-refractivity contribution in [2.45, 2.75) is 411 Å². The predicted octanol–water partition coefficient (Wildman–Crippen LogP) is 18.4. The number of hydrogen-bond acceptors (Lipinski definition) is 16. The summed E-state index contributed by atoms with van der Waals surface area (Å²) < 4.78 is 67.5. The van der Waals surface area contributed by atoms with Crippen molar-refractivity contribution in [3.63, 3.8) is 0 Å². The summed E-state index contributed by atoms with van der Waals surface area (Å²) in [6.45, 7) is 62.1. The molecule has 0 aromatic heterocycles. The minimum Gasteiger partial charge on any atom is -0.413 e. The highest BCUT2D eigenvalue weighted by atomic mass is 28.4. The molecule has 16 rings (SSSR count). The van der Waals surface area contributed by atoms with Gasteiger partial charge in [-0.3, -0.25) is 24.9 Å². The maximum Gasteiger partial charge on any atom is 0.192 e. The van der Waals surface area contributed by atoms with Crippen LogP contribution in [0.1, 0.15) is 267 Å². The Morgan fingerprint density at radius 2 is 0.816 bits per heavy atom. The number of ether oxygens (including phenoxy) is 7. The summed E-state index contributed by atoms with van der Waals surface area (Å²) in [5, 5.41) is 24.9. The maximum absolute atomic E-state index is 12.8. The molecule has 0 amide bonds. The van der Waals surface area contributed by atoms with E-state index in [1.807, 2.05) is 47.6 Å². The summed E-state index contributed by atoms with van der Waals surface area (Å²) in [5.41, 5.74) is -0.220. The zero-order chi connectivity index (χ0) is 76.0. The first-order chi connectivity index (χ1) is 47.1. The van der Waals surface area contributed by atoms with Crippen LogP contribution in [-0.2, 0) is 60.8 Å². The molecule has 4 aliphatic heterocycles. The number of aliphatic hydroxyl groups is 1. The monoisotopic (exact) mass is 1490 g/mol. The van der Waals surface area contributed by atoms with Crippen molar-refractivity contribution in [2.75, 3.05) is 0 Å². The van der Waals surface area contributed by atoms with E-state index in [0.717, 1.165) is 57.8 Å². The van der Waals surface area contributed by atoms with Crippen molar-refractivity contribution in [3.8, 4) is 0 Å². The fourth-order valence-corrected chi connectivity index (χ4v) is 30.2. The Balaban J connectivity index is 0.000000136. The number of epoxide rings is 1. The second-order valence-corrected chi connectivity index (χ2v) is 58.4. The first kappa shape index (κ1) is 79.9. The van der Waals surface area contributed by atoms with Crippen molar-refractivity contribution >= 4 is 42.3 Å². The molecule has 0 radical (unpaired) electrons. The van der Waals surface area contributed by atoms with Crippen LogP contribution < -0.4 is 0 Å².